The number of fused-ring (bicyclic) bond motifs is 1. The Labute approximate surface area is 167 Å². The summed E-state index contributed by atoms with van der Waals surface area (Å²) in [6.45, 7) is 2.43. The van der Waals surface area contributed by atoms with Gasteiger partial charge in [0.1, 0.15) is 23.9 Å². The zero-order chi connectivity index (χ0) is 19.7. The molecule has 0 aromatic heterocycles. The molecule has 0 amide bonds. The van der Waals surface area contributed by atoms with Crippen molar-refractivity contribution in [3.8, 4) is 11.5 Å². The predicted octanol–water partition coefficient (Wildman–Crippen LogP) is 5.98. The molecule has 0 spiro atoms. The van der Waals surface area contributed by atoms with E-state index in [1.54, 1.807) is 24.3 Å². The molecule has 0 unspecified atom stereocenters. The van der Waals surface area contributed by atoms with Crippen LogP contribution in [0.15, 0.2) is 66.4 Å². The number of halogens is 2. The van der Waals surface area contributed by atoms with E-state index in [0.29, 0.717) is 23.7 Å². The molecule has 0 aliphatic carbocycles. The van der Waals surface area contributed by atoms with Gasteiger partial charge in [0.05, 0.1) is 10.6 Å². The Bertz CT molecular complexity index is 1070. The van der Waals surface area contributed by atoms with E-state index in [-0.39, 0.29) is 22.1 Å². The summed E-state index contributed by atoms with van der Waals surface area (Å²) in [5.41, 5.74) is 2.75. The molecule has 0 N–H and O–H groups in total. The van der Waals surface area contributed by atoms with Crippen molar-refractivity contribution in [1.82, 2.24) is 0 Å². The van der Waals surface area contributed by atoms with E-state index in [2.05, 4.69) is 0 Å². The summed E-state index contributed by atoms with van der Waals surface area (Å²) in [7, 11) is 0. The van der Waals surface area contributed by atoms with Crippen LogP contribution >= 0.6 is 11.6 Å². The van der Waals surface area contributed by atoms with Gasteiger partial charge < -0.3 is 9.47 Å². The number of allylic oxidation sites excluding steroid dienone is 1. The lowest BCUT2D eigenvalue weighted by Gasteiger charge is -2.07. The molecule has 28 heavy (non-hydrogen) atoms. The maximum Gasteiger partial charge on any atom is 0.231 e. The van der Waals surface area contributed by atoms with Crippen LogP contribution in [0.25, 0.3) is 6.08 Å². The lowest BCUT2D eigenvalue weighted by atomic mass is 10.1. The maximum atomic E-state index is 14.0. The quantitative estimate of drug-likeness (QED) is 0.510. The molecule has 140 valence electrons. The van der Waals surface area contributed by atoms with Gasteiger partial charge in [-0.25, -0.2) is 4.39 Å². The van der Waals surface area contributed by atoms with Crippen molar-refractivity contribution in [2.45, 2.75) is 13.5 Å². The minimum Gasteiger partial charge on any atom is -0.489 e. The molecule has 3 nitrogen and oxygen atoms in total. The van der Waals surface area contributed by atoms with E-state index in [1.807, 2.05) is 31.2 Å². The Morgan fingerprint density at radius 2 is 1.89 bits per heavy atom. The molecule has 0 saturated heterocycles. The van der Waals surface area contributed by atoms with Gasteiger partial charge in [-0.3, -0.25) is 4.79 Å². The third-order valence-corrected chi connectivity index (χ3v) is 4.77. The summed E-state index contributed by atoms with van der Waals surface area (Å²) >= 11 is 6.03. The van der Waals surface area contributed by atoms with Crippen LogP contribution < -0.4 is 9.47 Å². The first-order valence-electron chi connectivity index (χ1n) is 8.72. The van der Waals surface area contributed by atoms with Gasteiger partial charge in [0.25, 0.3) is 0 Å². The number of hydrogen-bond donors (Lipinski definition) is 0. The monoisotopic (exact) mass is 394 g/mol. The van der Waals surface area contributed by atoms with Crippen LogP contribution in [-0.4, -0.2) is 5.78 Å². The largest absolute Gasteiger partial charge is 0.489 e. The van der Waals surface area contributed by atoms with Crippen molar-refractivity contribution in [2.24, 2.45) is 0 Å². The van der Waals surface area contributed by atoms with E-state index in [0.717, 1.165) is 5.56 Å². The van der Waals surface area contributed by atoms with Crippen LogP contribution in [0.5, 0.6) is 11.5 Å². The van der Waals surface area contributed by atoms with E-state index >= 15 is 0 Å². The second-order valence-corrected chi connectivity index (χ2v) is 6.91. The molecule has 5 heteroatoms. The molecular weight excluding hydrogens is 379 g/mol. The van der Waals surface area contributed by atoms with Crippen LogP contribution in [0, 0.1) is 12.7 Å². The summed E-state index contributed by atoms with van der Waals surface area (Å²) in [6.07, 6.45) is 1.33. The van der Waals surface area contributed by atoms with Crippen LogP contribution in [0.2, 0.25) is 5.02 Å². The van der Waals surface area contributed by atoms with Crippen LogP contribution in [0.1, 0.15) is 27.0 Å². The molecule has 1 aliphatic heterocycles. The van der Waals surface area contributed by atoms with E-state index in [9.17, 15) is 9.18 Å². The zero-order valence-electron chi connectivity index (χ0n) is 15.0. The Balaban J connectivity index is 1.54. The lowest BCUT2D eigenvalue weighted by Crippen LogP contribution is -1.99. The first-order valence-corrected chi connectivity index (χ1v) is 9.10. The highest BCUT2D eigenvalue weighted by molar-refractivity contribution is 6.32. The number of rotatable bonds is 4. The first kappa shape index (κ1) is 18.3. The fourth-order valence-corrected chi connectivity index (χ4v) is 3.11. The minimum absolute atomic E-state index is 0.0256. The average Bonchev–Trinajstić information content (AvgIpc) is 2.99. The highest BCUT2D eigenvalue weighted by Crippen LogP contribution is 2.36. The molecule has 0 bridgehead atoms. The molecule has 1 aliphatic rings. The molecule has 4 rings (SSSR count). The number of carbonyl (C=O) groups is 1. The van der Waals surface area contributed by atoms with Crippen molar-refractivity contribution in [3.63, 3.8) is 0 Å². The van der Waals surface area contributed by atoms with Gasteiger partial charge in [0.15, 0.2) is 5.76 Å². The number of hydrogen-bond acceptors (Lipinski definition) is 3. The topological polar surface area (TPSA) is 35.5 Å². The number of benzene rings is 3. The summed E-state index contributed by atoms with van der Waals surface area (Å²) in [4.78, 5) is 12.5. The fraction of sp³-hybridized carbons (Fsp3) is 0.0870. The van der Waals surface area contributed by atoms with Gasteiger partial charge in [-0.05, 0) is 42.8 Å². The normalized spacial score (nSPS) is 14.1. The van der Waals surface area contributed by atoms with Gasteiger partial charge in [0, 0.05) is 11.6 Å². The Morgan fingerprint density at radius 3 is 2.64 bits per heavy atom. The van der Waals surface area contributed by atoms with Crippen molar-refractivity contribution in [1.29, 1.82) is 0 Å². The SMILES string of the molecule is Cc1ccc(COc2ccc3c(c2)O/C(=C/c2c(F)cccc2Cl)C3=O)cc1. The second-order valence-electron chi connectivity index (χ2n) is 6.51. The number of ether oxygens (including phenoxy) is 2. The summed E-state index contributed by atoms with van der Waals surface area (Å²) < 4.78 is 25.4. The first-order chi connectivity index (χ1) is 13.5. The van der Waals surface area contributed by atoms with E-state index in [4.69, 9.17) is 21.1 Å². The van der Waals surface area contributed by atoms with Gasteiger partial charge in [-0.2, -0.15) is 0 Å². The summed E-state index contributed by atoms with van der Waals surface area (Å²) in [5, 5.41) is 0.210. The smallest absolute Gasteiger partial charge is 0.231 e. The molecular formula is C23H16ClFO3. The van der Waals surface area contributed by atoms with Crippen LogP contribution in [0.3, 0.4) is 0 Å². The van der Waals surface area contributed by atoms with Crippen molar-refractivity contribution in [3.05, 3.63) is 99.5 Å². The van der Waals surface area contributed by atoms with Crippen molar-refractivity contribution < 1.29 is 18.7 Å². The molecule has 1 heterocycles. The van der Waals surface area contributed by atoms with Crippen LogP contribution in [0.4, 0.5) is 4.39 Å². The van der Waals surface area contributed by atoms with E-state index < -0.39 is 5.82 Å². The molecule has 0 atom stereocenters. The molecule has 3 aromatic carbocycles. The Morgan fingerprint density at radius 1 is 1.11 bits per heavy atom. The second kappa shape index (κ2) is 7.49. The fourth-order valence-electron chi connectivity index (χ4n) is 2.89. The standard InChI is InChI=1S/C23H16ClFO3/c1-14-5-7-15(8-6-14)13-27-16-9-10-17-21(11-16)28-22(23(17)26)12-18-19(24)3-2-4-20(18)25/h2-12H,13H2,1H3/b22-12+. The third kappa shape index (κ3) is 3.64. The number of carbonyl (C=O) groups excluding carboxylic acids is 1. The highest BCUT2D eigenvalue weighted by atomic mass is 35.5. The summed E-state index contributed by atoms with van der Waals surface area (Å²) in [5.74, 6) is 0.147. The van der Waals surface area contributed by atoms with Crippen molar-refractivity contribution in [2.75, 3.05) is 0 Å². The maximum absolute atomic E-state index is 14.0. The van der Waals surface area contributed by atoms with Gasteiger partial charge in [-0.1, -0.05) is 47.5 Å². The zero-order valence-corrected chi connectivity index (χ0v) is 15.8. The number of aryl methyl sites for hydroxylation is 1. The lowest BCUT2D eigenvalue weighted by molar-refractivity contribution is 0.101. The molecule has 0 radical (unpaired) electrons. The van der Waals surface area contributed by atoms with Crippen molar-refractivity contribution >= 4 is 23.5 Å². The Hall–Kier alpha value is -3.11. The average molecular weight is 395 g/mol. The highest BCUT2D eigenvalue weighted by Gasteiger charge is 2.28. The van der Waals surface area contributed by atoms with Gasteiger partial charge in [-0.15, -0.1) is 0 Å². The predicted molar refractivity (Wildman–Crippen MR) is 106 cm³/mol. The van der Waals surface area contributed by atoms with E-state index in [1.165, 1.54) is 23.8 Å². The molecule has 0 saturated carbocycles. The van der Waals surface area contributed by atoms with Crippen LogP contribution in [-0.2, 0) is 6.61 Å². The number of ketones is 1. The number of Topliss-reactive ketones (excluding diaryl/α,β-unsaturated/α-hetero) is 1. The minimum atomic E-state index is -0.519. The molecule has 3 aromatic rings. The molecule has 0 fully saturated rings. The summed E-state index contributed by atoms with van der Waals surface area (Å²) in [6, 6.07) is 17.4. The Kier molecular flexibility index (Phi) is 4.88. The third-order valence-electron chi connectivity index (χ3n) is 4.44. The van der Waals surface area contributed by atoms with Gasteiger partial charge >= 0.3 is 0 Å². The van der Waals surface area contributed by atoms with Gasteiger partial charge in [0.2, 0.25) is 5.78 Å².